The Kier molecular flexibility index (Phi) is 7.80. The SMILES string of the molecule is COc1ccc(COC(=O)C2=C(C)NC3=C(C(=O)C[C@@H](c4cccs4)C3)[C@@H]2c2cc(OC)c(O)c([N+](=O)[O-])c2)cc1. The Labute approximate surface area is 240 Å². The van der Waals surface area contributed by atoms with E-state index in [1.54, 1.807) is 49.6 Å². The van der Waals surface area contributed by atoms with E-state index < -0.39 is 28.2 Å². The van der Waals surface area contributed by atoms with Crippen LogP contribution in [-0.2, 0) is 20.9 Å². The number of ether oxygens (including phenoxy) is 3. The van der Waals surface area contributed by atoms with Gasteiger partial charge in [-0.3, -0.25) is 14.9 Å². The molecule has 3 aromatic rings. The molecule has 5 rings (SSSR count). The summed E-state index contributed by atoms with van der Waals surface area (Å²) in [7, 11) is 2.83. The number of hydrogen-bond donors (Lipinski definition) is 2. The molecule has 0 saturated heterocycles. The number of dihydropyridines is 1. The number of carbonyl (C=O) groups is 2. The Morgan fingerprint density at radius 1 is 1.15 bits per heavy atom. The summed E-state index contributed by atoms with van der Waals surface area (Å²) in [6, 6.07) is 13.6. The van der Waals surface area contributed by atoms with Gasteiger partial charge < -0.3 is 24.6 Å². The van der Waals surface area contributed by atoms with Crippen molar-refractivity contribution < 1.29 is 33.8 Å². The number of allylic oxidation sites excluding steroid dienone is 3. The third-order valence-corrected chi connectivity index (χ3v) is 8.38. The molecule has 0 saturated carbocycles. The number of Topliss-reactive ketones (excluding diaryl/α,β-unsaturated/α-hetero) is 1. The molecule has 1 aromatic heterocycles. The van der Waals surface area contributed by atoms with Crippen LogP contribution < -0.4 is 14.8 Å². The third kappa shape index (κ3) is 5.40. The lowest BCUT2D eigenvalue weighted by atomic mass is 9.72. The van der Waals surface area contributed by atoms with Crippen LogP contribution in [-0.4, -0.2) is 36.0 Å². The maximum Gasteiger partial charge on any atom is 0.337 e. The van der Waals surface area contributed by atoms with Crippen molar-refractivity contribution in [1.82, 2.24) is 5.32 Å². The molecule has 1 aliphatic carbocycles. The highest BCUT2D eigenvalue weighted by atomic mass is 32.1. The monoisotopic (exact) mass is 576 g/mol. The molecule has 0 spiro atoms. The maximum atomic E-state index is 13.8. The van der Waals surface area contributed by atoms with Gasteiger partial charge in [-0.05, 0) is 54.1 Å². The van der Waals surface area contributed by atoms with E-state index in [1.165, 1.54) is 19.2 Å². The first-order valence-corrected chi connectivity index (χ1v) is 13.7. The van der Waals surface area contributed by atoms with Crippen molar-refractivity contribution in [2.24, 2.45) is 0 Å². The van der Waals surface area contributed by atoms with Crippen LogP contribution in [0.25, 0.3) is 0 Å². The second-order valence-electron chi connectivity index (χ2n) is 9.80. The van der Waals surface area contributed by atoms with Gasteiger partial charge in [0.25, 0.3) is 0 Å². The summed E-state index contributed by atoms with van der Waals surface area (Å²) in [5.41, 5.74) is 2.03. The summed E-state index contributed by atoms with van der Waals surface area (Å²) in [5, 5.41) is 27.5. The number of benzene rings is 2. The van der Waals surface area contributed by atoms with Crippen LogP contribution in [0.3, 0.4) is 0 Å². The molecule has 2 heterocycles. The van der Waals surface area contributed by atoms with Gasteiger partial charge in [0, 0.05) is 46.2 Å². The maximum absolute atomic E-state index is 13.8. The Bertz CT molecular complexity index is 1570. The van der Waals surface area contributed by atoms with Crippen molar-refractivity contribution in [1.29, 1.82) is 0 Å². The van der Waals surface area contributed by atoms with E-state index in [2.05, 4.69) is 5.32 Å². The Balaban J connectivity index is 1.58. The molecule has 212 valence electrons. The highest BCUT2D eigenvalue weighted by Crippen LogP contribution is 2.49. The van der Waals surface area contributed by atoms with Gasteiger partial charge in [-0.15, -0.1) is 11.3 Å². The van der Waals surface area contributed by atoms with Gasteiger partial charge in [0.15, 0.2) is 11.5 Å². The molecular formula is C30H28N2O8S. The fourth-order valence-electron chi connectivity index (χ4n) is 5.39. The minimum Gasteiger partial charge on any atom is -0.500 e. The topological polar surface area (TPSA) is 137 Å². The number of methoxy groups -OCH3 is 2. The number of phenolic OH excluding ortho intramolecular Hbond substituents is 1. The van der Waals surface area contributed by atoms with Gasteiger partial charge in [0.05, 0.1) is 24.7 Å². The first-order valence-electron chi connectivity index (χ1n) is 12.8. The number of esters is 1. The normalized spacial score (nSPS) is 18.5. The number of thiophene rings is 1. The highest BCUT2D eigenvalue weighted by Gasteiger charge is 2.42. The second-order valence-corrected chi connectivity index (χ2v) is 10.8. The molecule has 0 amide bonds. The summed E-state index contributed by atoms with van der Waals surface area (Å²) in [6.07, 6.45) is 0.753. The summed E-state index contributed by atoms with van der Waals surface area (Å²) in [6.45, 7) is 1.68. The largest absolute Gasteiger partial charge is 0.500 e. The van der Waals surface area contributed by atoms with Crippen LogP contribution in [0.5, 0.6) is 17.2 Å². The number of phenols is 1. The third-order valence-electron chi connectivity index (χ3n) is 7.35. The van der Waals surface area contributed by atoms with E-state index in [-0.39, 0.29) is 41.6 Å². The van der Waals surface area contributed by atoms with Crippen molar-refractivity contribution in [3.63, 3.8) is 0 Å². The van der Waals surface area contributed by atoms with Crippen molar-refractivity contribution in [3.05, 3.63) is 103 Å². The van der Waals surface area contributed by atoms with Gasteiger partial charge >= 0.3 is 11.7 Å². The zero-order chi connectivity index (χ0) is 29.3. The molecule has 0 radical (unpaired) electrons. The number of nitrogens with zero attached hydrogens (tertiary/aromatic N) is 1. The van der Waals surface area contributed by atoms with Gasteiger partial charge in [-0.1, -0.05) is 18.2 Å². The quantitative estimate of drug-likeness (QED) is 0.203. The number of aromatic hydroxyl groups is 1. The fourth-order valence-corrected chi connectivity index (χ4v) is 6.22. The summed E-state index contributed by atoms with van der Waals surface area (Å²) in [5.74, 6) is -1.97. The number of nitrogens with one attached hydrogen (secondary N) is 1. The lowest BCUT2D eigenvalue weighted by Gasteiger charge is -2.36. The van der Waals surface area contributed by atoms with E-state index in [1.807, 2.05) is 17.5 Å². The molecule has 2 atom stereocenters. The first-order chi connectivity index (χ1) is 19.7. The van der Waals surface area contributed by atoms with Crippen molar-refractivity contribution >= 4 is 28.8 Å². The zero-order valence-electron chi connectivity index (χ0n) is 22.6. The zero-order valence-corrected chi connectivity index (χ0v) is 23.4. The van der Waals surface area contributed by atoms with Crippen molar-refractivity contribution in [3.8, 4) is 17.2 Å². The van der Waals surface area contributed by atoms with Crippen LogP contribution in [0.4, 0.5) is 5.69 Å². The second kappa shape index (κ2) is 11.5. The van der Waals surface area contributed by atoms with Gasteiger partial charge in [0.2, 0.25) is 5.75 Å². The Hall–Kier alpha value is -4.64. The average molecular weight is 577 g/mol. The molecule has 11 heteroatoms. The minimum atomic E-state index is -0.973. The van der Waals surface area contributed by atoms with Crippen LogP contribution in [0, 0.1) is 10.1 Å². The highest BCUT2D eigenvalue weighted by molar-refractivity contribution is 7.10. The molecule has 0 bridgehead atoms. The van der Waals surface area contributed by atoms with E-state index in [4.69, 9.17) is 14.2 Å². The van der Waals surface area contributed by atoms with Crippen molar-refractivity contribution in [2.45, 2.75) is 38.2 Å². The fraction of sp³-hybridized carbons (Fsp3) is 0.267. The van der Waals surface area contributed by atoms with Crippen LogP contribution in [0.2, 0.25) is 0 Å². The lowest BCUT2D eigenvalue weighted by molar-refractivity contribution is -0.386. The molecular weight excluding hydrogens is 548 g/mol. The van der Waals surface area contributed by atoms with E-state index >= 15 is 0 Å². The summed E-state index contributed by atoms with van der Waals surface area (Å²) in [4.78, 5) is 39.6. The molecule has 2 aromatic carbocycles. The van der Waals surface area contributed by atoms with Crippen LogP contribution >= 0.6 is 11.3 Å². The molecule has 1 aliphatic heterocycles. The van der Waals surface area contributed by atoms with Gasteiger partial charge in [-0.2, -0.15) is 0 Å². The van der Waals surface area contributed by atoms with Crippen LogP contribution in [0.15, 0.2) is 76.5 Å². The Morgan fingerprint density at radius 2 is 1.90 bits per heavy atom. The predicted molar refractivity (Wildman–Crippen MR) is 151 cm³/mol. The molecule has 0 unspecified atom stereocenters. The smallest absolute Gasteiger partial charge is 0.337 e. The molecule has 10 nitrogen and oxygen atoms in total. The van der Waals surface area contributed by atoms with Gasteiger partial charge in [0.1, 0.15) is 12.4 Å². The number of nitro groups is 1. The predicted octanol–water partition coefficient (Wildman–Crippen LogP) is 5.48. The molecule has 0 fully saturated rings. The van der Waals surface area contributed by atoms with Crippen LogP contribution in [0.1, 0.15) is 47.6 Å². The average Bonchev–Trinajstić information content (AvgIpc) is 3.50. The van der Waals surface area contributed by atoms with E-state index in [0.29, 0.717) is 29.1 Å². The molecule has 41 heavy (non-hydrogen) atoms. The van der Waals surface area contributed by atoms with Crippen molar-refractivity contribution in [2.75, 3.05) is 14.2 Å². The molecule has 2 aliphatic rings. The number of nitro benzene ring substituents is 1. The summed E-state index contributed by atoms with van der Waals surface area (Å²) >= 11 is 1.58. The number of ketones is 1. The number of carbonyl (C=O) groups excluding carboxylic acids is 2. The lowest BCUT2D eigenvalue weighted by Crippen LogP contribution is -2.36. The number of hydrogen-bond acceptors (Lipinski definition) is 10. The minimum absolute atomic E-state index is 0.0329. The van der Waals surface area contributed by atoms with Gasteiger partial charge in [-0.25, -0.2) is 4.79 Å². The Morgan fingerprint density at radius 3 is 2.54 bits per heavy atom. The number of rotatable bonds is 8. The van der Waals surface area contributed by atoms with E-state index in [0.717, 1.165) is 10.4 Å². The van der Waals surface area contributed by atoms with E-state index in [9.17, 15) is 24.8 Å². The summed E-state index contributed by atoms with van der Waals surface area (Å²) < 4.78 is 16.1. The molecule has 2 N–H and O–H groups in total. The first kappa shape index (κ1) is 27.9. The standard InChI is InChI=1S/C30H28N2O8S/c1-16-26(30(35)40-15-17-6-8-20(38-2)9-7-17)27(19-12-22(32(36)37)29(34)24(14-19)39-3)28-21(31-16)11-18(13-23(28)33)25-5-4-10-41-25/h4-10,12,14,18,27,31,34H,11,13,15H2,1-3H3/t18-,27+/m0/s1.